The summed E-state index contributed by atoms with van der Waals surface area (Å²) < 4.78 is 6.55. The van der Waals surface area contributed by atoms with Gasteiger partial charge < -0.3 is 4.42 Å². The largest absolute Gasteiger partial charge is 0.433 e. The van der Waals surface area contributed by atoms with Crippen LogP contribution in [0.1, 0.15) is 11.5 Å². The van der Waals surface area contributed by atoms with Crippen molar-refractivity contribution in [2.45, 2.75) is 11.9 Å². The van der Waals surface area contributed by atoms with Gasteiger partial charge in [-0.2, -0.15) is 0 Å². The average molecular weight is 287 g/mol. The van der Waals surface area contributed by atoms with E-state index in [4.69, 9.17) is 4.42 Å². The third-order valence-electron chi connectivity index (χ3n) is 1.87. The minimum Gasteiger partial charge on any atom is -0.404 e. The molecule has 84 valence electrons. The van der Waals surface area contributed by atoms with E-state index in [0.717, 1.165) is 5.69 Å². The highest BCUT2D eigenvalue weighted by atomic mass is 79.9. The second-order valence-corrected chi connectivity index (χ2v) is 3.60. The average Bonchev–Trinajstić information content (AvgIpc) is 2.87. The number of hydrogen-bond donors (Lipinski definition) is 0. The van der Waals surface area contributed by atoms with Crippen LogP contribution in [0.3, 0.4) is 0 Å². The summed E-state index contributed by atoms with van der Waals surface area (Å²) in [5.74, 6) is 0.202. The summed E-state index contributed by atoms with van der Waals surface area (Å²) in [6.07, 6.45) is 1.74. The van der Waals surface area contributed by atoms with Crippen molar-refractivity contribution in [1.29, 1.82) is 0 Å². The van der Waals surface area contributed by atoms with E-state index >= 15 is 0 Å². The van der Waals surface area contributed by atoms with Gasteiger partial charge in [0.1, 0.15) is 17.2 Å². The second-order valence-electron chi connectivity index (χ2n) is 3.04. The highest BCUT2D eigenvalue weighted by molar-refractivity contribution is 9.08. The van der Waals surface area contributed by atoms with Crippen LogP contribution in [0.5, 0.6) is 0 Å². The molecule has 0 bridgehead atoms. The number of nitrogens with zero attached hydrogens (tertiary/aromatic N) is 4. The zero-order chi connectivity index (χ0) is 11.5. The Labute approximate surface area is 98.3 Å². The molecule has 0 amide bonds. The molecule has 0 aliphatic rings. The molecule has 8 heteroatoms. The third-order valence-corrected chi connectivity index (χ3v) is 2.44. The molecular weight excluding hydrogens is 280 g/mol. The maximum atomic E-state index is 10.4. The molecule has 0 saturated carbocycles. The van der Waals surface area contributed by atoms with Crippen molar-refractivity contribution in [3.05, 3.63) is 39.9 Å². The molecule has 16 heavy (non-hydrogen) atoms. The third kappa shape index (κ3) is 2.27. The maximum absolute atomic E-state index is 10.4. The molecule has 0 radical (unpaired) electrons. The summed E-state index contributed by atoms with van der Waals surface area (Å²) in [4.78, 5) is 9.81. The van der Waals surface area contributed by atoms with Gasteiger partial charge in [-0.25, -0.2) is 4.68 Å². The first-order chi connectivity index (χ1) is 7.69. The van der Waals surface area contributed by atoms with Crippen LogP contribution in [-0.4, -0.2) is 19.9 Å². The molecule has 0 N–H and O–H groups in total. The van der Waals surface area contributed by atoms with Crippen molar-refractivity contribution in [1.82, 2.24) is 15.0 Å². The van der Waals surface area contributed by atoms with Crippen molar-refractivity contribution in [3.8, 4) is 0 Å². The fourth-order valence-corrected chi connectivity index (χ4v) is 1.44. The second kappa shape index (κ2) is 4.44. The lowest BCUT2D eigenvalue weighted by Gasteiger charge is -1.94. The number of rotatable bonds is 4. The molecule has 0 aromatic carbocycles. The number of hydrogen-bond acceptors (Lipinski definition) is 5. The van der Waals surface area contributed by atoms with E-state index in [2.05, 4.69) is 26.2 Å². The topological polar surface area (TPSA) is 87.0 Å². The van der Waals surface area contributed by atoms with E-state index in [1.54, 1.807) is 16.9 Å². The Morgan fingerprint density at radius 3 is 2.94 bits per heavy atom. The van der Waals surface area contributed by atoms with Crippen LogP contribution < -0.4 is 0 Å². The van der Waals surface area contributed by atoms with Gasteiger partial charge in [0.15, 0.2) is 0 Å². The lowest BCUT2D eigenvalue weighted by atomic mass is 10.4. The van der Waals surface area contributed by atoms with E-state index in [-0.39, 0.29) is 5.88 Å². The van der Waals surface area contributed by atoms with E-state index in [9.17, 15) is 10.1 Å². The molecule has 0 atom stereocenters. The predicted octanol–water partition coefficient (Wildman–Crippen LogP) is 1.72. The van der Waals surface area contributed by atoms with Crippen LogP contribution in [0.25, 0.3) is 0 Å². The Bertz CT molecular complexity index is 507. The van der Waals surface area contributed by atoms with Crippen molar-refractivity contribution in [3.63, 3.8) is 0 Å². The highest BCUT2D eigenvalue weighted by Gasteiger charge is 2.12. The van der Waals surface area contributed by atoms with Crippen LogP contribution in [0.4, 0.5) is 5.88 Å². The summed E-state index contributed by atoms with van der Waals surface area (Å²) >= 11 is 3.25. The molecule has 0 unspecified atom stereocenters. The number of aromatic nitrogens is 3. The van der Waals surface area contributed by atoms with Crippen molar-refractivity contribution >= 4 is 21.8 Å². The Morgan fingerprint density at radius 2 is 2.38 bits per heavy atom. The van der Waals surface area contributed by atoms with Gasteiger partial charge in [0.2, 0.25) is 0 Å². The van der Waals surface area contributed by atoms with Crippen molar-refractivity contribution in [2.24, 2.45) is 0 Å². The molecular formula is C8H7BrN4O3. The van der Waals surface area contributed by atoms with E-state index in [1.807, 2.05) is 0 Å². The molecule has 0 fully saturated rings. The first kappa shape index (κ1) is 10.8. The molecule has 2 rings (SSSR count). The first-order valence-corrected chi connectivity index (χ1v) is 5.49. The van der Waals surface area contributed by atoms with Crippen molar-refractivity contribution < 1.29 is 9.34 Å². The van der Waals surface area contributed by atoms with Crippen LogP contribution in [0.2, 0.25) is 0 Å². The monoisotopic (exact) mass is 286 g/mol. The summed E-state index contributed by atoms with van der Waals surface area (Å²) in [6.45, 7) is 0.327. The normalized spacial score (nSPS) is 10.6. The fourth-order valence-electron chi connectivity index (χ4n) is 1.19. The molecule has 0 spiro atoms. The van der Waals surface area contributed by atoms with Gasteiger partial charge in [-0.1, -0.05) is 21.1 Å². The molecule has 2 aromatic heterocycles. The van der Waals surface area contributed by atoms with Crippen LogP contribution in [-0.2, 0) is 11.9 Å². The molecule has 0 saturated heterocycles. The van der Waals surface area contributed by atoms with Gasteiger partial charge in [0, 0.05) is 11.5 Å². The SMILES string of the molecule is O=[N+]([O-])c1ccc(Cn2cc(CBr)nn2)o1. The smallest absolute Gasteiger partial charge is 0.404 e. The minimum absolute atomic E-state index is 0.268. The number of halogens is 1. The fraction of sp³-hybridized carbons (Fsp3) is 0.250. The van der Waals surface area contributed by atoms with Gasteiger partial charge >= 0.3 is 5.88 Å². The van der Waals surface area contributed by atoms with Crippen molar-refractivity contribution in [2.75, 3.05) is 0 Å². The van der Waals surface area contributed by atoms with Gasteiger partial charge in [-0.05, 0) is 6.07 Å². The zero-order valence-electron chi connectivity index (χ0n) is 8.04. The number of nitro groups is 1. The van der Waals surface area contributed by atoms with Crippen LogP contribution >= 0.6 is 15.9 Å². The zero-order valence-corrected chi connectivity index (χ0v) is 9.62. The van der Waals surface area contributed by atoms with E-state index < -0.39 is 4.92 Å². The van der Waals surface area contributed by atoms with Gasteiger partial charge in [0.05, 0.1) is 11.8 Å². The van der Waals surface area contributed by atoms with Crippen LogP contribution in [0, 0.1) is 10.1 Å². The summed E-state index contributed by atoms with van der Waals surface area (Å²) in [6, 6.07) is 2.87. The lowest BCUT2D eigenvalue weighted by Crippen LogP contribution is -1.99. The van der Waals surface area contributed by atoms with E-state index in [0.29, 0.717) is 17.6 Å². The number of furan rings is 1. The quantitative estimate of drug-likeness (QED) is 0.485. The Morgan fingerprint density at radius 1 is 1.56 bits per heavy atom. The van der Waals surface area contributed by atoms with E-state index in [1.165, 1.54) is 6.07 Å². The molecule has 0 aliphatic carbocycles. The summed E-state index contributed by atoms with van der Waals surface area (Å²) in [5, 5.41) is 18.7. The Hall–Kier alpha value is -1.70. The van der Waals surface area contributed by atoms with Gasteiger partial charge in [-0.3, -0.25) is 10.1 Å². The molecule has 2 aromatic rings. The minimum atomic E-state index is -0.575. The van der Waals surface area contributed by atoms with Crippen LogP contribution in [0.15, 0.2) is 22.7 Å². The van der Waals surface area contributed by atoms with Gasteiger partial charge in [0.25, 0.3) is 0 Å². The molecule has 0 aliphatic heterocycles. The summed E-state index contributed by atoms with van der Waals surface area (Å²) in [7, 11) is 0. The first-order valence-electron chi connectivity index (χ1n) is 4.37. The maximum Gasteiger partial charge on any atom is 0.433 e. The standard InChI is InChI=1S/C8H7BrN4O3/c9-3-6-4-12(11-10-6)5-7-1-2-8(16-7)13(14)15/h1-2,4H,3,5H2. The predicted molar refractivity (Wildman–Crippen MR) is 57.1 cm³/mol. The molecule has 2 heterocycles. The lowest BCUT2D eigenvalue weighted by molar-refractivity contribution is -0.402. The number of alkyl halides is 1. The summed E-state index contributed by atoms with van der Waals surface area (Å²) in [5.41, 5.74) is 0.793. The Kier molecular flexibility index (Phi) is 3.00. The highest BCUT2D eigenvalue weighted by Crippen LogP contribution is 2.16. The Balaban J connectivity index is 2.11. The molecule has 7 nitrogen and oxygen atoms in total. The van der Waals surface area contributed by atoms with Gasteiger partial charge in [-0.15, -0.1) is 5.10 Å².